The number of rotatable bonds is 7. The van der Waals surface area contributed by atoms with Crippen LogP contribution in [0.15, 0.2) is 67.9 Å². The Hall–Kier alpha value is -4.75. The zero-order valence-corrected chi connectivity index (χ0v) is 21.6. The first-order chi connectivity index (χ1) is 18.5. The molecule has 38 heavy (non-hydrogen) atoms. The highest BCUT2D eigenvalue weighted by Crippen LogP contribution is 2.28. The van der Waals surface area contributed by atoms with Gasteiger partial charge in [0.2, 0.25) is 0 Å². The van der Waals surface area contributed by atoms with Crippen LogP contribution in [0.2, 0.25) is 0 Å². The van der Waals surface area contributed by atoms with Crippen molar-refractivity contribution in [1.82, 2.24) is 29.5 Å². The fourth-order valence-electron chi connectivity index (χ4n) is 4.58. The van der Waals surface area contributed by atoms with Crippen LogP contribution in [-0.2, 0) is 6.54 Å². The first-order valence-electron chi connectivity index (χ1n) is 12.4. The van der Waals surface area contributed by atoms with Crippen molar-refractivity contribution >= 4 is 22.7 Å². The second kappa shape index (κ2) is 10.7. The van der Waals surface area contributed by atoms with Crippen molar-refractivity contribution in [3.63, 3.8) is 0 Å². The number of pyridine rings is 2. The van der Waals surface area contributed by atoms with E-state index < -0.39 is 0 Å². The lowest BCUT2D eigenvalue weighted by Crippen LogP contribution is -2.46. The molecule has 4 aromatic heterocycles. The van der Waals surface area contributed by atoms with Gasteiger partial charge in [0.15, 0.2) is 0 Å². The number of hydrogen-bond acceptors (Lipinski definition) is 9. The molecule has 1 aliphatic rings. The highest BCUT2D eigenvalue weighted by molar-refractivity contribution is 5.83. The van der Waals surface area contributed by atoms with Gasteiger partial charge in [-0.3, -0.25) is 4.90 Å². The minimum Gasteiger partial charge on any atom is -0.404 e. The van der Waals surface area contributed by atoms with Crippen LogP contribution in [0.4, 0.5) is 11.6 Å². The third-order valence-electron chi connectivity index (χ3n) is 6.70. The normalized spacial score (nSPS) is 14.4. The number of nitrogens with zero attached hydrogens (tertiary/aromatic N) is 9. The van der Waals surface area contributed by atoms with E-state index in [1.54, 1.807) is 23.0 Å². The highest BCUT2D eigenvalue weighted by Gasteiger charge is 2.20. The Labute approximate surface area is 222 Å². The molecule has 0 saturated carbocycles. The molecule has 10 heteroatoms. The Kier molecular flexibility index (Phi) is 7.02. The van der Waals surface area contributed by atoms with E-state index in [1.807, 2.05) is 37.3 Å². The molecule has 0 spiro atoms. The van der Waals surface area contributed by atoms with E-state index in [-0.39, 0.29) is 0 Å². The largest absolute Gasteiger partial charge is 0.404 e. The molecule has 0 bridgehead atoms. The first-order valence-corrected chi connectivity index (χ1v) is 12.4. The molecule has 1 aliphatic heterocycles. The van der Waals surface area contributed by atoms with Crippen molar-refractivity contribution in [3.8, 4) is 17.3 Å². The lowest BCUT2D eigenvalue weighted by molar-refractivity contribution is 0.249. The number of nitrogens with two attached hydrogens (primary N) is 1. The van der Waals surface area contributed by atoms with Crippen LogP contribution < -0.4 is 15.5 Å². The molecule has 1 saturated heterocycles. The Morgan fingerprint density at radius 3 is 2.53 bits per heavy atom. The summed E-state index contributed by atoms with van der Waals surface area (Å²) in [6, 6.07) is 10.4. The fraction of sp³-hybridized carbons (Fsp3) is 0.250. The topological polar surface area (TPSA) is 115 Å². The van der Waals surface area contributed by atoms with E-state index in [2.05, 4.69) is 44.7 Å². The Morgan fingerprint density at radius 2 is 1.92 bits per heavy atom. The number of fused-ring (bicyclic) bond motifs is 1. The van der Waals surface area contributed by atoms with Crippen LogP contribution in [0.25, 0.3) is 22.3 Å². The van der Waals surface area contributed by atoms with Crippen molar-refractivity contribution in [2.24, 2.45) is 5.73 Å². The van der Waals surface area contributed by atoms with Gasteiger partial charge in [-0.15, -0.1) is 0 Å². The molecular formula is C28H30N10. The zero-order chi connectivity index (χ0) is 26.6. The van der Waals surface area contributed by atoms with Gasteiger partial charge >= 0.3 is 0 Å². The van der Waals surface area contributed by atoms with Crippen LogP contribution in [0.3, 0.4) is 0 Å². The van der Waals surface area contributed by atoms with Gasteiger partial charge in [0.1, 0.15) is 28.8 Å². The molecule has 1 fully saturated rings. The van der Waals surface area contributed by atoms with Gasteiger partial charge in [-0.2, -0.15) is 10.4 Å². The summed E-state index contributed by atoms with van der Waals surface area (Å²) in [6.45, 7) is 8.37. The van der Waals surface area contributed by atoms with Gasteiger partial charge in [-0.25, -0.2) is 19.5 Å². The fourth-order valence-corrected chi connectivity index (χ4v) is 4.58. The van der Waals surface area contributed by atoms with Crippen LogP contribution >= 0.6 is 0 Å². The minimum absolute atomic E-state index is 0.447. The Morgan fingerprint density at radius 1 is 1.11 bits per heavy atom. The zero-order valence-electron chi connectivity index (χ0n) is 21.6. The Bertz CT molecular complexity index is 1500. The number of allylic oxidation sites excluding steroid dienone is 2. The molecular weight excluding hydrogens is 476 g/mol. The second-order valence-electron chi connectivity index (χ2n) is 9.35. The molecule has 10 nitrogen and oxygen atoms in total. The quantitative estimate of drug-likeness (QED) is 0.378. The third-order valence-corrected chi connectivity index (χ3v) is 6.70. The monoisotopic (exact) mass is 506 g/mol. The summed E-state index contributed by atoms with van der Waals surface area (Å²) < 4.78 is 1.65. The predicted octanol–water partition coefficient (Wildman–Crippen LogP) is 2.93. The Balaban J connectivity index is 1.32. The molecule has 0 atom stereocenters. The molecule has 0 radical (unpaired) electrons. The van der Waals surface area contributed by atoms with E-state index in [9.17, 15) is 5.26 Å². The summed E-state index contributed by atoms with van der Waals surface area (Å²) in [7, 11) is 3.99. The maximum absolute atomic E-state index is 9.62. The number of nitriles is 1. The summed E-state index contributed by atoms with van der Waals surface area (Å²) in [5.41, 5.74) is 10.8. The average molecular weight is 507 g/mol. The molecule has 0 unspecified atom stereocenters. The van der Waals surface area contributed by atoms with E-state index in [0.29, 0.717) is 28.0 Å². The summed E-state index contributed by atoms with van der Waals surface area (Å²) in [6.07, 6.45) is 10.1. The molecule has 192 valence electrons. The van der Waals surface area contributed by atoms with Gasteiger partial charge in [-0.05, 0) is 23.8 Å². The standard InChI is InChI=1S/C28H30N10/c1-4-21(13-29)24-19-38-28(23(14-30)17-33-38)27(34-24)22-6-8-26(32-16-22)37-11-9-36(10-12-37)18-20-5-7-25(31-15-20)35(2)3/h4-8,13,15-17,19H,1,9-12,18,29H2,2-3H3/b21-13+. The molecule has 4 aromatic rings. The van der Waals surface area contributed by atoms with E-state index in [0.717, 1.165) is 49.9 Å². The average Bonchev–Trinajstić information content (AvgIpc) is 3.37. The molecule has 0 aliphatic carbocycles. The SMILES string of the molecule is C=C/C(=C\N)c1cn2ncc(C#N)c2c(-c2ccc(N3CCN(Cc4ccc(N(C)C)nc4)CC3)nc2)n1. The maximum Gasteiger partial charge on any atom is 0.128 e. The molecule has 5 rings (SSSR count). The van der Waals surface area contributed by atoms with E-state index in [4.69, 9.17) is 15.7 Å². The smallest absolute Gasteiger partial charge is 0.128 e. The van der Waals surface area contributed by atoms with Crippen LogP contribution in [0.1, 0.15) is 16.8 Å². The maximum atomic E-state index is 9.62. The lowest BCUT2D eigenvalue weighted by atomic mass is 10.1. The second-order valence-corrected chi connectivity index (χ2v) is 9.35. The number of anilines is 2. The predicted molar refractivity (Wildman–Crippen MR) is 149 cm³/mol. The number of aromatic nitrogens is 5. The third kappa shape index (κ3) is 4.92. The van der Waals surface area contributed by atoms with Crippen LogP contribution in [0, 0.1) is 11.3 Å². The van der Waals surface area contributed by atoms with E-state index in [1.165, 1.54) is 18.0 Å². The molecule has 0 amide bonds. The number of piperazine rings is 1. The van der Waals surface area contributed by atoms with Crippen LogP contribution in [-0.4, -0.2) is 69.7 Å². The van der Waals surface area contributed by atoms with Crippen molar-refractivity contribution in [3.05, 3.63) is 84.7 Å². The molecule has 0 aromatic carbocycles. The summed E-state index contributed by atoms with van der Waals surface area (Å²) >= 11 is 0. The molecule has 2 N–H and O–H groups in total. The summed E-state index contributed by atoms with van der Waals surface area (Å²) in [4.78, 5) is 20.8. The first kappa shape index (κ1) is 24.9. The van der Waals surface area contributed by atoms with Gasteiger partial charge < -0.3 is 15.5 Å². The van der Waals surface area contributed by atoms with Crippen molar-refractivity contribution < 1.29 is 0 Å². The van der Waals surface area contributed by atoms with Crippen molar-refractivity contribution in [2.75, 3.05) is 50.1 Å². The summed E-state index contributed by atoms with van der Waals surface area (Å²) in [5, 5.41) is 14.0. The number of hydrogen-bond donors (Lipinski definition) is 1. The van der Waals surface area contributed by atoms with Gasteiger partial charge in [0.05, 0.1) is 23.8 Å². The van der Waals surface area contributed by atoms with Crippen LogP contribution in [0.5, 0.6) is 0 Å². The van der Waals surface area contributed by atoms with E-state index >= 15 is 0 Å². The highest BCUT2D eigenvalue weighted by atomic mass is 15.3. The molecule has 5 heterocycles. The lowest BCUT2D eigenvalue weighted by Gasteiger charge is -2.35. The minimum atomic E-state index is 0.447. The van der Waals surface area contributed by atoms with Gasteiger partial charge in [0, 0.05) is 76.5 Å². The van der Waals surface area contributed by atoms with Gasteiger partial charge in [-0.1, -0.05) is 18.7 Å². The van der Waals surface area contributed by atoms with Crippen molar-refractivity contribution in [1.29, 1.82) is 5.26 Å². The van der Waals surface area contributed by atoms with Gasteiger partial charge in [0.25, 0.3) is 0 Å². The summed E-state index contributed by atoms with van der Waals surface area (Å²) in [5.74, 6) is 1.88. The van der Waals surface area contributed by atoms with Crippen molar-refractivity contribution in [2.45, 2.75) is 6.54 Å².